The van der Waals surface area contributed by atoms with Crippen molar-refractivity contribution in [2.75, 3.05) is 0 Å². The van der Waals surface area contributed by atoms with E-state index >= 15 is 0 Å². The molecule has 0 radical (unpaired) electrons. The summed E-state index contributed by atoms with van der Waals surface area (Å²) in [5.41, 5.74) is 6.51. The highest BCUT2D eigenvalue weighted by Gasteiger charge is 2.17. The van der Waals surface area contributed by atoms with E-state index in [4.69, 9.17) is 5.73 Å². The Bertz CT molecular complexity index is 888. The highest BCUT2D eigenvalue weighted by molar-refractivity contribution is 5.93. The summed E-state index contributed by atoms with van der Waals surface area (Å²) < 4.78 is 14.3. The van der Waals surface area contributed by atoms with Gasteiger partial charge in [-0.2, -0.15) is 5.10 Å². The Morgan fingerprint density at radius 2 is 1.78 bits per heavy atom. The molecule has 1 amide bonds. The lowest BCUT2D eigenvalue weighted by Crippen LogP contribution is -2.16. The van der Waals surface area contributed by atoms with E-state index in [-0.39, 0.29) is 17.2 Å². The normalized spacial score (nSPS) is 10.7. The van der Waals surface area contributed by atoms with Crippen LogP contribution in [0.2, 0.25) is 0 Å². The van der Waals surface area contributed by atoms with E-state index in [0.717, 1.165) is 6.07 Å². The number of carbonyl (C=O) groups excluding carboxylic acids is 1. The Labute approximate surface area is 130 Å². The van der Waals surface area contributed by atoms with Crippen LogP contribution < -0.4 is 5.73 Å². The first-order valence-corrected chi connectivity index (χ1v) is 6.64. The summed E-state index contributed by atoms with van der Waals surface area (Å²) in [5, 5.41) is 23.5. The Balaban J connectivity index is 2.16. The van der Waals surface area contributed by atoms with Crippen LogP contribution in [0.25, 0.3) is 16.9 Å². The summed E-state index contributed by atoms with van der Waals surface area (Å²) in [5.74, 6) is -1.42. The molecular formula is C16H12FN3O3. The van der Waals surface area contributed by atoms with Crippen molar-refractivity contribution in [3.63, 3.8) is 0 Å². The minimum Gasteiger partial charge on any atom is -0.508 e. The zero-order chi connectivity index (χ0) is 16.6. The maximum atomic E-state index is 13.0. The second-order valence-corrected chi connectivity index (χ2v) is 4.87. The molecule has 3 rings (SSSR count). The van der Waals surface area contributed by atoms with Crippen molar-refractivity contribution >= 4 is 5.91 Å². The maximum absolute atomic E-state index is 13.0. The molecule has 1 aromatic heterocycles. The second kappa shape index (κ2) is 5.45. The van der Waals surface area contributed by atoms with Crippen LogP contribution in [0.15, 0.2) is 48.5 Å². The first-order valence-electron chi connectivity index (χ1n) is 6.64. The number of carbonyl (C=O) groups is 1. The molecule has 0 atom stereocenters. The minimum absolute atomic E-state index is 0.0825. The monoisotopic (exact) mass is 313 g/mol. The van der Waals surface area contributed by atoms with Gasteiger partial charge in [0.25, 0.3) is 5.91 Å². The summed E-state index contributed by atoms with van der Waals surface area (Å²) in [6, 6.07) is 10.8. The lowest BCUT2D eigenvalue weighted by atomic mass is 10.1. The lowest BCUT2D eigenvalue weighted by molar-refractivity contribution is 0.0993. The van der Waals surface area contributed by atoms with Crippen LogP contribution in [0.5, 0.6) is 11.5 Å². The average Bonchev–Trinajstić information content (AvgIpc) is 2.93. The van der Waals surface area contributed by atoms with E-state index in [1.54, 1.807) is 0 Å². The van der Waals surface area contributed by atoms with E-state index in [9.17, 15) is 19.4 Å². The van der Waals surface area contributed by atoms with Gasteiger partial charge in [-0.25, -0.2) is 9.07 Å². The third-order valence-electron chi connectivity index (χ3n) is 3.29. The van der Waals surface area contributed by atoms with Crippen molar-refractivity contribution in [3.05, 3.63) is 60.0 Å². The highest BCUT2D eigenvalue weighted by atomic mass is 19.1. The molecule has 4 N–H and O–H groups in total. The van der Waals surface area contributed by atoms with E-state index in [1.165, 1.54) is 47.1 Å². The largest absolute Gasteiger partial charge is 0.508 e. The summed E-state index contributed by atoms with van der Waals surface area (Å²) in [6.45, 7) is 0. The number of benzene rings is 2. The van der Waals surface area contributed by atoms with Crippen LogP contribution in [0.1, 0.15) is 10.5 Å². The molecule has 23 heavy (non-hydrogen) atoms. The number of amides is 1. The van der Waals surface area contributed by atoms with E-state index in [1.807, 2.05) is 0 Å². The van der Waals surface area contributed by atoms with Crippen molar-refractivity contribution in [3.8, 4) is 28.4 Å². The van der Waals surface area contributed by atoms with Crippen molar-refractivity contribution in [2.45, 2.75) is 0 Å². The van der Waals surface area contributed by atoms with Gasteiger partial charge in [0, 0.05) is 11.6 Å². The van der Waals surface area contributed by atoms with E-state index in [2.05, 4.69) is 5.10 Å². The molecule has 7 heteroatoms. The number of nitrogens with zero attached hydrogens (tertiary/aromatic N) is 2. The van der Waals surface area contributed by atoms with Crippen molar-refractivity contribution in [1.29, 1.82) is 0 Å². The van der Waals surface area contributed by atoms with Gasteiger partial charge < -0.3 is 15.9 Å². The fraction of sp³-hybridized carbons (Fsp3) is 0. The molecule has 1 heterocycles. The van der Waals surface area contributed by atoms with Crippen LogP contribution in [0.3, 0.4) is 0 Å². The number of phenolic OH excluding ortho intramolecular Hbond substituents is 2. The van der Waals surface area contributed by atoms with Crippen molar-refractivity contribution in [2.24, 2.45) is 5.73 Å². The molecule has 0 aliphatic heterocycles. The summed E-state index contributed by atoms with van der Waals surface area (Å²) in [6.07, 6.45) is 0. The number of aromatic nitrogens is 2. The number of primary amides is 1. The second-order valence-electron chi connectivity index (χ2n) is 4.87. The number of halogens is 1. The third-order valence-corrected chi connectivity index (χ3v) is 3.29. The van der Waals surface area contributed by atoms with Gasteiger partial charge in [-0.15, -0.1) is 0 Å². The summed E-state index contributed by atoms with van der Waals surface area (Å²) in [7, 11) is 0. The van der Waals surface area contributed by atoms with Gasteiger partial charge in [-0.1, -0.05) is 0 Å². The summed E-state index contributed by atoms with van der Waals surface area (Å²) >= 11 is 0. The number of phenols is 2. The van der Waals surface area contributed by atoms with Crippen LogP contribution in [0, 0.1) is 5.82 Å². The highest BCUT2D eigenvalue weighted by Crippen LogP contribution is 2.32. The molecule has 0 aliphatic carbocycles. The van der Waals surface area contributed by atoms with Gasteiger partial charge in [-0.05, 0) is 42.5 Å². The van der Waals surface area contributed by atoms with E-state index < -0.39 is 11.7 Å². The number of nitrogens with two attached hydrogens (primary N) is 1. The molecule has 2 aromatic carbocycles. The van der Waals surface area contributed by atoms with Gasteiger partial charge in [0.1, 0.15) is 23.0 Å². The zero-order valence-corrected chi connectivity index (χ0v) is 11.8. The number of hydrogen-bond donors (Lipinski definition) is 3. The molecule has 0 unspecified atom stereocenters. The zero-order valence-electron chi connectivity index (χ0n) is 11.8. The predicted molar refractivity (Wildman–Crippen MR) is 80.8 cm³/mol. The molecule has 6 nitrogen and oxygen atoms in total. The van der Waals surface area contributed by atoms with Crippen molar-refractivity contribution < 1.29 is 19.4 Å². The SMILES string of the molecule is NC(=O)c1cc(-c2ccc(O)cc2O)nn1-c1ccc(F)cc1. The lowest BCUT2D eigenvalue weighted by Gasteiger charge is -2.04. The molecule has 0 bridgehead atoms. The molecule has 0 aliphatic rings. The molecule has 0 spiro atoms. The number of aromatic hydroxyl groups is 2. The third kappa shape index (κ3) is 2.71. The van der Waals surface area contributed by atoms with Gasteiger partial charge in [0.05, 0.1) is 11.4 Å². The van der Waals surface area contributed by atoms with E-state index in [0.29, 0.717) is 16.9 Å². The van der Waals surface area contributed by atoms with Crippen molar-refractivity contribution in [1.82, 2.24) is 9.78 Å². The molecule has 0 saturated heterocycles. The minimum atomic E-state index is -0.716. The van der Waals surface area contributed by atoms with Gasteiger partial charge >= 0.3 is 0 Å². The topological polar surface area (TPSA) is 101 Å². The quantitative estimate of drug-likeness (QED) is 0.690. The number of hydrogen-bond acceptors (Lipinski definition) is 4. The molecule has 0 saturated carbocycles. The van der Waals surface area contributed by atoms with Gasteiger partial charge in [0.2, 0.25) is 0 Å². The van der Waals surface area contributed by atoms with Gasteiger partial charge in [0.15, 0.2) is 0 Å². The van der Waals surface area contributed by atoms with Crippen LogP contribution >= 0.6 is 0 Å². The fourth-order valence-electron chi connectivity index (χ4n) is 2.20. The summed E-state index contributed by atoms with van der Waals surface area (Å²) in [4.78, 5) is 11.6. The molecule has 116 valence electrons. The Kier molecular flexibility index (Phi) is 3.46. The Morgan fingerprint density at radius 3 is 2.39 bits per heavy atom. The van der Waals surface area contributed by atoms with Gasteiger partial charge in [-0.3, -0.25) is 4.79 Å². The van der Waals surface area contributed by atoms with Crippen LogP contribution in [-0.2, 0) is 0 Å². The fourth-order valence-corrected chi connectivity index (χ4v) is 2.20. The first-order chi connectivity index (χ1) is 11.0. The molecular weight excluding hydrogens is 301 g/mol. The Hall–Kier alpha value is -3.35. The smallest absolute Gasteiger partial charge is 0.267 e. The van der Waals surface area contributed by atoms with Crippen LogP contribution in [-0.4, -0.2) is 25.9 Å². The average molecular weight is 313 g/mol. The molecule has 0 fully saturated rings. The Morgan fingerprint density at radius 1 is 1.09 bits per heavy atom. The van der Waals surface area contributed by atoms with Crippen LogP contribution in [0.4, 0.5) is 4.39 Å². The standard InChI is InChI=1S/C16H12FN3O3/c17-9-1-3-10(4-2-9)20-14(16(18)23)8-13(19-20)12-6-5-11(21)7-15(12)22/h1-8,21-22H,(H2,18,23). The maximum Gasteiger partial charge on any atom is 0.267 e. The molecule has 3 aromatic rings. The first kappa shape index (κ1) is 14.6. The number of rotatable bonds is 3. The predicted octanol–water partition coefficient (Wildman–Crippen LogP) is 2.19.